The third-order valence-electron chi connectivity index (χ3n) is 3.98. The Balaban J connectivity index is 1.84. The third kappa shape index (κ3) is 3.07. The molecule has 1 aromatic carbocycles. The third-order valence-corrected chi connectivity index (χ3v) is 3.98. The Morgan fingerprint density at radius 2 is 1.56 bits per heavy atom. The van der Waals surface area contributed by atoms with Crippen LogP contribution in [-0.4, -0.2) is 0 Å². The van der Waals surface area contributed by atoms with Crippen molar-refractivity contribution in [1.82, 2.24) is 0 Å². The Bertz CT molecular complexity index is 307. The van der Waals surface area contributed by atoms with E-state index in [1.807, 2.05) is 12.1 Å². The SMILES string of the molecule is CCC1CCC(Cc2ccc(F)cc2)CC1. The Kier molecular flexibility index (Phi) is 3.98. The topological polar surface area (TPSA) is 0 Å². The molecule has 0 aliphatic heterocycles. The first-order chi connectivity index (χ1) is 7.78. The molecule has 1 fully saturated rings. The van der Waals surface area contributed by atoms with Crippen molar-refractivity contribution in [2.24, 2.45) is 11.8 Å². The van der Waals surface area contributed by atoms with Crippen LogP contribution in [0.25, 0.3) is 0 Å². The summed E-state index contributed by atoms with van der Waals surface area (Å²) in [5.41, 5.74) is 1.29. The molecule has 0 atom stereocenters. The van der Waals surface area contributed by atoms with E-state index in [4.69, 9.17) is 0 Å². The van der Waals surface area contributed by atoms with Crippen LogP contribution in [-0.2, 0) is 6.42 Å². The van der Waals surface area contributed by atoms with Gasteiger partial charge in [-0.25, -0.2) is 4.39 Å². The number of hydrogen-bond acceptors (Lipinski definition) is 0. The standard InChI is InChI=1S/C15H21F/c1-2-12-3-5-13(6-4-12)11-14-7-9-15(16)10-8-14/h7-10,12-13H,2-6,11H2,1H3. The van der Waals surface area contributed by atoms with Crippen LogP contribution in [0.15, 0.2) is 24.3 Å². The summed E-state index contributed by atoms with van der Waals surface area (Å²) >= 11 is 0. The van der Waals surface area contributed by atoms with E-state index in [1.54, 1.807) is 12.1 Å². The molecule has 1 saturated carbocycles. The molecule has 0 heterocycles. The van der Waals surface area contributed by atoms with Crippen LogP contribution in [0.4, 0.5) is 4.39 Å². The Morgan fingerprint density at radius 1 is 1.00 bits per heavy atom. The van der Waals surface area contributed by atoms with Gasteiger partial charge in [0, 0.05) is 0 Å². The molecule has 0 bridgehead atoms. The smallest absolute Gasteiger partial charge is 0.123 e. The first-order valence-electron chi connectivity index (χ1n) is 6.52. The van der Waals surface area contributed by atoms with Crippen molar-refractivity contribution in [3.63, 3.8) is 0 Å². The zero-order valence-electron chi connectivity index (χ0n) is 10.1. The van der Waals surface area contributed by atoms with E-state index < -0.39 is 0 Å². The highest BCUT2D eigenvalue weighted by molar-refractivity contribution is 5.16. The lowest BCUT2D eigenvalue weighted by molar-refractivity contribution is 0.268. The van der Waals surface area contributed by atoms with Gasteiger partial charge in [0.2, 0.25) is 0 Å². The van der Waals surface area contributed by atoms with Crippen LogP contribution >= 0.6 is 0 Å². The minimum absolute atomic E-state index is 0.126. The Morgan fingerprint density at radius 3 is 2.12 bits per heavy atom. The van der Waals surface area contributed by atoms with Crippen molar-refractivity contribution in [1.29, 1.82) is 0 Å². The Labute approximate surface area is 97.9 Å². The fourth-order valence-electron chi connectivity index (χ4n) is 2.80. The van der Waals surface area contributed by atoms with Gasteiger partial charge in [-0.15, -0.1) is 0 Å². The minimum atomic E-state index is -0.126. The highest BCUT2D eigenvalue weighted by atomic mass is 19.1. The molecule has 88 valence electrons. The molecule has 0 N–H and O–H groups in total. The van der Waals surface area contributed by atoms with Crippen LogP contribution in [0.3, 0.4) is 0 Å². The molecular weight excluding hydrogens is 199 g/mol. The van der Waals surface area contributed by atoms with E-state index in [0.29, 0.717) is 0 Å². The monoisotopic (exact) mass is 220 g/mol. The maximum atomic E-state index is 12.8. The second-order valence-corrected chi connectivity index (χ2v) is 5.13. The molecule has 1 heteroatoms. The lowest BCUT2D eigenvalue weighted by Gasteiger charge is -2.27. The van der Waals surface area contributed by atoms with E-state index >= 15 is 0 Å². The van der Waals surface area contributed by atoms with Gasteiger partial charge in [0.1, 0.15) is 5.82 Å². The van der Waals surface area contributed by atoms with Crippen molar-refractivity contribution < 1.29 is 4.39 Å². The average molecular weight is 220 g/mol. The number of rotatable bonds is 3. The van der Waals surface area contributed by atoms with Crippen LogP contribution < -0.4 is 0 Å². The molecule has 2 rings (SSSR count). The highest BCUT2D eigenvalue weighted by Crippen LogP contribution is 2.32. The van der Waals surface area contributed by atoms with Crippen LogP contribution in [0.1, 0.15) is 44.6 Å². The average Bonchev–Trinajstić information content (AvgIpc) is 2.33. The maximum absolute atomic E-state index is 12.8. The molecule has 1 aliphatic carbocycles. The van der Waals surface area contributed by atoms with E-state index in [2.05, 4.69) is 6.92 Å². The maximum Gasteiger partial charge on any atom is 0.123 e. The number of halogens is 1. The molecule has 0 nitrogen and oxygen atoms in total. The van der Waals surface area contributed by atoms with Crippen LogP contribution in [0.5, 0.6) is 0 Å². The molecule has 0 radical (unpaired) electrons. The molecule has 16 heavy (non-hydrogen) atoms. The summed E-state index contributed by atoms with van der Waals surface area (Å²) in [4.78, 5) is 0. The molecule has 0 unspecified atom stereocenters. The molecule has 0 aromatic heterocycles. The summed E-state index contributed by atoms with van der Waals surface area (Å²) in [6, 6.07) is 7.02. The van der Waals surface area contributed by atoms with Gasteiger partial charge in [0.05, 0.1) is 0 Å². The molecular formula is C15H21F. The number of benzene rings is 1. The zero-order valence-corrected chi connectivity index (χ0v) is 10.1. The fourth-order valence-corrected chi connectivity index (χ4v) is 2.80. The largest absolute Gasteiger partial charge is 0.207 e. The van der Waals surface area contributed by atoms with Crippen LogP contribution in [0, 0.1) is 17.7 Å². The van der Waals surface area contributed by atoms with Crippen molar-refractivity contribution >= 4 is 0 Å². The first kappa shape index (κ1) is 11.6. The summed E-state index contributed by atoms with van der Waals surface area (Å²) in [5, 5.41) is 0. The van der Waals surface area contributed by atoms with Gasteiger partial charge in [-0.05, 0) is 48.8 Å². The molecule has 0 saturated heterocycles. The van der Waals surface area contributed by atoms with E-state index in [1.165, 1.54) is 37.7 Å². The van der Waals surface area contributed by atoms with Crippen molar-refractivity contribution in [3.8, 4) is 0 Å². The van der Waals surface area contributed by atoms with E-state index in [-0.39, 0.29) is 5.82 Å². The lowest BCUT2D eigenvalue weighted by atomic mass is 9.78. The number of hydrogen-bond donors (Lipinski definition) is 0. The van der Waals surface area contributed by atoms with Gasteiger partial charge in [-0.2, -0.15) is 0 Å². The fraction of sp³-hybridized carbons (Fsp3) is 0.600. The minimum Gasteiger partial charge on any atom is -0.207 e. The van der Waals surface area contributed by atoms with Gasteiger partial charge in [-0.1, -0.05) is 38.3 Å². The summed E-state index contributed by atoms with van der Waals surface area (Å²) in [6.07, 6.45) is 7.97. The molecule has 1 aromatic rings. The van der Waals surface area contributed by atoms with E-state index in [9.17, 15) is 4.39 Å². The van der Waals surface area contributed by atoms with Gasteiger partial charge < -0.3 is 0 Å². The summed E-state index contributed by atoms with van der Waals surface area (Å²) in [7, 11) is 0. The second-order valence-electron chi connectivity index (χ2n) is 5.13. The van der Waals surface area contributed by atoms with Gasteiger partial charge in [0.25, 0.3) is 0 Å². The highest BCUT2D eigenvalue weighted by Gasteiger charge is 2.19. The van der Waals surface area contributed by atoms with Gasteiger partial charge in [0.15, 0.2) is 0 Å². The predicted octanol–water partition coefficient (Wildman–Crippen LogP) is 4.58. The first-order valence-corrected chi connectivity index (χ1v) is 6.52. The molecule has 0 amide bonds. The van der Waals surface area contributed by atoms with Crippen molar-refractivity contribution in [2.45, 2.75) is 45.4 Å². The quantitative estimate of drug-likeness (QED) is 0.699. The van der Waals surface area contributed by atoms with Gasteiger partial charge >= 0.3 is 0 Å². The molecule has 1 aliphatic rings. The van der Waals surface area contributed by atoms with Crippen molar-refractivity contribution in [2.75, 3.05) is 0 Å². The lowest BCUT2D eigenvalue weighted by Crippen LogP contribution is -2.15. The second kappa shape index (κ2) is 5.47. The van der Waals surface area contributed by atoms with Crippen molar-refractivity contribution in [3.05, 3.63) is 35.6 Å². The zero-order chi connectivity index (χ0) is 11.4. The van der Waals surface area contributed by atoms with Crippen LogP contribution in [0.2, 0.25) is 0 Å². The predicted molar refractivity (Wildman–Crippen MR) is 65.8 cm³/mol. The Hall–Kier alpha value is -0.850. The molecule has 0 spiro atoms. The van der Waals surface area contributed by atoms with Gasteiger partial charge in [-0.3, -0.25) is 0 Å². The normalized spacial score (nSPS) is 25.6. The summed E-state index contributed by atoms with van der Waals surface area (Å²) in [5.74, 6) is 1.66. The summed E-state index contributed by atoms with van der Waals surface area (Å²) < 4.78 is 12.8. The van der Waals surface area contributed by atoms with E-state index in [0.717, 1.165) is 18.3 Å². The summed E-state index contributed by atoms with van der Waals surface area (Å²) in [6.45, 7) is 2.30.